The van der Waals surface area contributed by atoms with Crippen molar-refractivity contribution in [1.82, 2.24) is 10.6 Å². The van der Waals surface area contributed by atoms with E-state index in [9.17, 15) is 117 Å². The minimum atomic E-state index is -3.20. The van der Waals surface area contributed by atoms with Crippen molar-refractivity contribution in [3.8, 4) is 0 Å². The van der Waals surface area contributed by atoms with Crippen LogP contribution in [-0.2, 0) is 66.5 Å². The minimum Gasteiger partial charge on any atom is -0.477 e. The third-order valence-corrected chi connectivity index (χ3v) is 14.2. The van der Waals surface area contributed by atoms with Crippen LogP contribution in [0.2, 0.25) is 0 Å². The first kappa shape index (κ1) is 65.4. The predicted octanol–water partition coefficient (Wildman–Crippen LogP) is -14.6. The molecule has 0 aliphatic carbocycles. The largest absolute Gasteiger partial charge is 0.477 e. The number of aliphatic hydroxyl groups is 19. The number of carboxylic acids is 1. The Morgan fingerprint density at radius 3 is 1.53 bits per heavy atom. The van der Waals surface area contributed by atoms with Crippen LogP contribution in [0.4, 0.5) is 0 Å². The zero-order chi connectivity index (χ0) is 58.7. The lowest BCUT2D eigenvalue weighted by molar-refractivity contribution is -0.387. The van der Waals surface area contributed by atoms with E-state index in [1.807, 2.05) is 0 Å². The Kier molecular flexibility index (Phi) is 22.9. The minimum absolute atomic E-state index is 0.827. The van der Waals surface area contributed by atoms with Crippen LogP contribution >= 0.6 is 0 Å². The Hall–Kier alpha value is -2.79. The number of amides is 2. The van der Waals surface area contributed by atoms with Crippen LogP contribution in [0.1, 0.15) is 20.3 Å². The molecule has 0 radical (unpaired) electrons. The van der Waals surface area contributed by atoms with Crippen LogP contribution in [0, 0.1) is 0 Å². The molecule has 6 aliphatic rings. The molecule has 6 rings (SSSR count). The van der Waals surface area contributed by atoms with E-state index in [0.717, 1.165) is 13.8 Å². The van der Waals surface area contributed by atoms with Crippen molar-refractivity contribution in [3.05, 3.63) is 0 Å². The van der Waals surface area contributed by atoms with Gasteiger partial charge in [-0.2, -0.15) is 0 Å². The van der Waals surface area contributed by atoms with Crippen molar-refractivity contribution in [2.45, 2.75) is 210 Å². The van der Waals surface area contributed by atoms with E-state index in [2.05, 4.69) is 10.6 Å². The van der Waals surface area contributed by atoms with Gasteiger partial charge in [0.1, 0.15) is 140 Å². The van der Waals surface area contributed by atoms with E-state index in [1.54, 1.807) is 0 Å². The first-order valence-corrected chi connectivity index (χ1v) is 24.7. The lowest BCUT2D eigenvalue weighted by Crippen LogP contribution is -2.71. The molecule has 6 saturated heterocycles. The van der Waals surface area contributed by atoms with Gasteiger partial charge in [0.05, 0.1) is 51.8 Å². The van der Waals surface area contributed by atoms with Gasteiger partial charge in [0.25, 0.3) is 5.79 Å². The second-order valence-corrected chi connectivity index (χ2v) is 19.7. The maximum absolute atomic E-state index is 13.0. The number of aliphatic hydroxyl groups excluding tert-OH is 19. The van der Waals surface area contributed by atoms with Gasteiger partial charge in [0.2, 0.25) is 11.8 Å². The molecule has 2 amide bonds. The molecule has 79 heavy (non-hydrogen) atoms. The normalized spacial score (nSPS) is 47.7. The maximum Gasteiger partial charge on any atom is 0.364 e. The van der Waals surface area contributed by atoms with E-state index >= 15 is 0 Å². The van der Waals surface area contributed by atoms with E-state index in [4.69, 9.17) is 52.1 Å². The molecular formula is C43H72N2O34. The van der Waals surface area contributed by atoms with Crippen LogP contribution < -0.4 is 10.6 Å². The lowest BCUT2D eigenvalue weighted by atomic mass is 9.88. The Morgan fingerprint density at radius 2 is 0.987 bits per heavy atom. The fourth-order valence-corrected chi connectivity index (χ4v) is 9.92. The zero-order valence-electron chi connectivity index (χ0n) is 41.9. The van der Waals surface area contributed by atoms with Crippen molar-refractivity contribution in [3.63, 3.8) is 0 Å². The van der Waals surface area contributed by atoms with Gasteiger partial charge < -0.3 is 165 Å². The summed E-state index contributed by atoms with van der Waals surface area (Å²) in [5, 5.41) is 218. The van der Waals surface area contributed by atoms with Gasteiger partial charge in [-0.15, -0.1) is 0 Å². The first-order chi connectivity index (χ1) is 37.2. The van der Waals surface area contributed by atoms with Crippen molar-refractivity contribution in [2.24, 2.45) is 0 Å². The quantitative estimate of drug-likeness (QED) is 0.0507. The summed E-state index contributed by atoms with van der Waals surface area (Å²) in [5.74, 6) is -7.00. The fourth-order valence-electron chi connectivity index (χ4n) is 9.92. The third kappa shape index (κ3) is 14.1. The molecule has 6 heterocycles. The standard InChI is InChI=1S/C43H72N2O34/c1-10(51)44-19-12(53)3-43(42(67)68,78-34(19)21(55)13(54)4-46)79-36-23(57)15(6-48)72-41(31(36)65)75-32-17(8-50)73-38(20(25(32)59)45-11(2)52)69-9-18-24(58)35(77-39-29(63)26(60)22(56)14(5-47)71-39)30(64)40(74-18)76-33-16(7-49)70-37(66)28(62)27(33)61/h12-41,46-50,53-66H,3-9H2,1-2H3,(H,44,51)(H,45,52)(H,67,68)/t12-,13+,14+,15+,16+,17+,18+,19+,20+,21+,22-,23-,24-,25+,26-,27+,28+,29+,30+,31+,32+,33+,34+,35-,36-,37?,38+,39-,40-,41-,43-/m0/s1. The van der Waals surface area contributed by atoms with Gasteiger partial charge in [-0.1, -0.05) is 0 Å². The number of rotatable bonds is 21. The van der Waals surface area contributed by atoms with Crippen LogP contribution in [-0.4, -0.2) is 349 Å². The number of carbonyl (C=O) groups is 3. The van der Waals surface area contributed by atoms with Gasteiger partial charge in [-0.3, -0.25) is 9.59 Å². The highest BCUT2D eigenvalue weighted by molar-refractivity contribution is 5.76. The number of hydrogen-bond donors (Lipinski definition) is 22. The highest BCUT2D eigenvalue weighted by Gasteiger charge is 2.61. The Morgan fingerprint density at radius 1 is 0.519 bits per heavy atom. The average Bonchev–Trinajstić information content (AvgIpc) is 3.41. The molecule has 0 spiro atoms. The molecule has 0 saturated carbocycles. The fraction of sp³-hybridized carbons (Fsp3) is 0.930. The van der Waals surface area contributed by atoms with E-state index < -0.39 is 254 Å². The summed E-state index contributed by atoms with van der Waals surface area (Å²) >= 11 is 0. The summed E-state index contributed by atoms with van der Waals surface area (Å²) in [6, 6.07) is -3.48. The summed E-state index contributed by atoms with van der Waals surface area (Å²) in [7, 11) is 0. The molecule has 458 valence electrons. The Balaban J connectivity index is 1.24. The van der Waals surface area contributed by atoms with Gasteiger partial charge in [-0.05, 0) is 0 Å². The van der Waals surface area contributed by atoms with Crippen molar-refractivity contribution < 1.29 is 169 Å². The summed E-state index contributed by atoms with van der Waals surface area (Å²) in [4.78, 5) is 37.7. The first-order valence-electron chi connectivity index (χ1n) is 24.7. The molecule has 0 aromatic heterocycles. The summed E-state index contributed by atoms with van der Waals surface area (Å²) in [5.41, 5.74) is 0. The lowest BCUT2D eigenvalue weighted by Gasteiger charge is -2.51. The van der Waals surface area contributed by atoms with Crippen molar-refractivity contribution in [2.75, 3.05) is 39.6 Å². The van der Waals surface area contributed by atoms with Crippen molar-refractivity contribution >= 4 is 17.8 Å². The Bertz CT molecular complexity index is 1970. The molecule has 6 fully saturated rings. The molecular weight excluding hydrogens is 1090 g/mol. The number of carbonyl (C=O) groups excluding carboxylic acids is 2. The second kappa shape index (κ2) is 27.7. The summed E-state index contributed by atoms with van der Waals surface area (Å²) in [6.45, 7) is -4.31. The monoisotopic (exact) mass is 1160 g/mol. The van der Waals surface area contributed by atoms with Gasteiger partial charge >= 0.3 is 5.97 Å². The number of hydrogen-bond acceptors (Lipinski definition) is 33. The summed E-state index contributed by atoms with van der Waals surface area (Å²) < 4.78 is 62.3. The number of aliphatic carboxylic acids is 1. The molecule has 0 bridgehead atoms. The molecule has 22 N–H and O–H groups in total. The van der Waals surface area contributed by atoms with Crippen LogP contribution in [0.15, 0.2) is 0 Å². The summed E-state index contributed by atoms with van der Waals surface area (Å²) in [6.07, 6.45) is -58.1. The zero-order valence-corrected chi connectivity index (χ0v) is 41.9. The predicted molar refractivity (Wildman–Crippen MR) is 240 cm³/mol. The molecule has 6 aliphatic heterocycles. The number of nitrogens with one attached hydrogen (secondary N) is 2. The Labute approximate surface area is 446 Å². The second-order valence-electron chi connectivity index (χ2n) is 19.7. The number of ether oxygens (including phenoxy) is 11. The smallest absolute Gasteiger partial charge is 0.364 e. The number of carboxylic acid groups (broad SMARTS) is 1. The van der Waals surface area contributed by atoms with E-state index in [1.165, 1.54) is 0 Å². The van der Waals surface area contributed by atoms with Gasteiger partial charge in [0, 0.05) is 20.3 Å². The topological polar surface area (TPSA) is 581 Å². The molecule has 0 aromatic rings. The van der Waals surface area contributed by atoms with Crippen LogP contribution in [0.3, 0.4) is 0 Å². The van der Waals surface area contributed by atoms with Gasteiger partial charge in [0.15, 0.2) is 31.5 Å². The SMILES string of the molecule is CC(=O)N[C@H]1[C@H](OC[C@H]2O[C@@H](O[C@H]3[C@H](O)[C@@H](O)C(O)O[C@@H]3CO)[C@H](O)[C@@H](O[C@@H]3O[C@H](CO)[C@H](O)[C@H](O)[C@H]3O)[C@H]2O)O[C@H](CO)[C@@H](O[C@@H]2O[C@H](CO)[C@H](O)[C@H](O[C@]3(C(=O)O)C[C@H](O)[C@@H](NC(C)=O)[C@H]([C@H](O)[C@H](O)CO)O3)[C@H]2O)[C@@H]1O. The average molecular weight is 1160 g/mol. The highest BCUT2D eigenvalue weighted by atomic mass is 16.8. The highest BCUT2D eigenvalue weighted by Crippen LogP contribution is 2.39. The third-order valence-electron chi connectivity index (χ3n) is 14.2. The van der Waals surface area contributed by atoms with Crippen LogP contribution in [0.25, 0.3) is 0 Å². The molecule has 1 unspecified atom stereocenters. The van der Waals surface area contributed by atoms with Crippen LogP contribution in [0.5, 0.6) is 0 Å². The molecule has 36 heteroatoms. The molecule has 36 nitrogen and oxygen atoms in total. The molecule has 0 aromatic carbocycles. The maximum atomic E-state index is 13.0. The van der Waals surface area contributed by atoms with E-state index in [0.29, 0.717) is 0 Å². The van der Waals surface area contributed by atoms with E-state index in [-0.39, 0.29) is 0 Å². The van der Waals surface area contributed by atoms with Crippen molar-refractivity contribution in [1.29, 1.82) is 0 Å². The molecule has 31 atom stereocenters. The van der Waals surface area contributed by atoms with Gasteiger partial charge in [-0.25, -0.2) is 4.79 Å².